The van der Waals surface area contributed by atoms with Crippen LogP contribution in [0.3, 0.4) is 0 Å². The molecule has 3 rings (SSSR count). The topological polar surface area (TPSA) is 88.9 Å². The van der Waals surface area contributed by atoms with Gasteiger partial charge in [0.05, 0.1) is 22.9 Å². The van der Waals surface area contributed by atoms with Crippen molar-refractivity contribution in [2.75, 3.05) is 16.4 Å². The fourth-order valence-corrected chi connectivity index (χ4v) is 3.89. The summed E-state index contributed by atoms with van der Waals surface area (Å²) in [7, 11) is 1.76. The average molecular weight is 478 g/mol. The molecule has 1 heterocycles. The molecule has 10 heteroatoms. The third-order valence-corrected chi connectivity index (χ3v) is 6.02. The molecule has 2 N–H and O–H groups in total. The number of aryl methyl sites for hydroxylation is 2. The molecule has 0 saturated heterocycles. The maximum atomic E-state index is 12.4. The molecule has 1 aromatic heterocycles. The Labute approximate surface area is 194 Å². The van der Waals surface area contributed by atoms with Gasteiger partial charge in [0.25, 0.3) is 0 Å². The fourth-order valence-electron chi connectivity index (χ4n) is 2.83. The number of rotatable bonds is 7. The van der Waals surface area contributed by atoms with Gasteiger partial charge in [0.15, 0.2) is 5.16 Å². The number of amides is 2. The lowest BCUT2D eigenvalue weighted by molar-refractivity contribution is -0.116. The first-order valence-electron chi connectivity index (χ1n) is 9.36. The van der Waals surface area contributed by atoms with Crippen LogP contribution < -0.4 is 10.6 Å². The highest BCUT2D eigenvalue weighted by Crippen LogP contribution is 2.26. The Bertz CT molecular complexity index is 1130. The smallest absolute Gasteiger partial charge is 0.234 e. The minimum atomic E-state index is -0.258. The van der Waals surface area contributed by atoms with E-state index in [0.29, 0.717) is 26.7 Å². The molecule has 0 unspecified atom stereocenters. The number of carbonyl (C=O) groups is 2. The SMILES string of the molecule is Cc1ccc(NC(=O)Cc2nnc(SCC(=O)Nc3cc(Cl)ccc3Cl)n2C)c(C)c1. The van der Waals surface area contributed by atoms with Crippen molar-refractivity contribution in [1.82, 2.24) is 14.8 Å². The molecule has 0 aliphatic heterocycles. The Hall–Kier alpha value is -2.55. The Morgan fingerprint density at radius 2 is 1.74 bits per heavy atom. The number of nitrogens with one attached hydrogen (secondary N) is 2. The van der Waals surface area contributed by atoms with Gasteiger partial charge in [-0.3, -0.25) is 9.59 Å². The molecule has 2 amide bonds. The number of anilines is 2. The van der Waals surface area contributed by atoms with Crippen molar-refractivity contribution in [3.63, 3.8) is 0 Å². The van der Waals surface area contributed by atoms with E-state index in [1.54, 1.807) is 29.8 Å². The number of benzene rings is 2. The van der Waals surface area contributed by atoms with Crippen molar-refractivity contribution in [3.8, 4) is 0 Å². The summed E-state index contributed by atoms with van der Waals surface area (Å²) in [6, 6.07) is 10.7. The molecule has 162 valence electrons. The van der Waals surface area contributed by atoms with Gasteiger partial charge in [-0.1, -0.05) is 52.7 Å². The number of halogens is 2. The molecule has 31 heavy (non-hydrogen) atoms. The molecule has 2 aromatic carbocycles. The lowest BCUT2D eigenvalue weighted by Crippen LogP contribution is -2.18. The monoisotopic (exact) mass is 477 g/mol. The van der Waals surface area contributed by atoms with Crippen LogP contribution in [0.15, 0.2) is 41.6 Å². The van der Waals surface area contributed by atoms with E-state index in [9.17, 15) is 9.59 Å². The van der Waals surface area contributed by atoms with E-state index in [1.165, 1.54) is 11.8 Å². The summed E-state index contributed by atoms with van der Waals surface area (Å²) in [5, 5.41) is 15.2. The minimum absolute atomic E-state index is 0.0711. The second-order valence-electron chi connectivity index (χ2n) is 6.96. The van der Waals surface area contributed by atoms with Gasteiger partial charge in [0, 0.05) is 17.8 Å². The Morgan fingerprint density at radius 3 is 2.48 bits per heavy atom. The van der Waals surface area contributed by atoms with Gasteiger partial charge in [-0.05, 0) is 43.7 Å². The number of nitrogens with zero attached hydrogens (tertiary/aromatic N) is 3. The van der Waals surface area contributed by atoms with Gasteiger partial charge in [-0.2, -0.15) is 0 Å². The lowest BCUT2D eigenvalue weighted by Gasteiger charge is -2.09. The first kappa shape index (κ1) is 23.1. The van der Waals surface area contributed by atoms with Crippen molar-refractivity contribution < 1.29 is 9.59 Å². The summed E-state index contributed by atoms with van der Waals surface area (Å²) in [6.07, 6.45) is 0.0711. The number of thioether (sulfide) groups is 1. The normalized spacial score (nSPS) is 10.7. The predicted molar refractivity (Wildman–Crippen MR) is 125 cm³/mol. The first-order chi connectivity index (χ1) is 14.7. The van der Waals surface area contributed by atoms with Crippen LogP contribution in [0.4, 0.5) is 11.4 Å². The highest BCUT2D eigenvalue weighted by atomic mass is 35.5. The summed E-state index contributed by atoms with van der Waals surface area (Å²) in [5.74, 6) is 0.158. The molecule has 0 aliphatic carbocycles. The maximum Gasteiger partial charge on any atom is 0.234 e. The van der Waals surface area contributed by atoms with Crippen LogP contribution >= 0.6 is 35.0 Å². The third kappa shape index (κ3) is 6.22. The van der Waals surface area contributed by atoms with Gasteiger partial charge in [0.2, 0.25) is 11.8 Å². The van der Waals surface area contributed by atoms with Crippen molar-refractivity contribution >= 4 is 58.2 Å². The Kier molecular flexibility index (Phi) is 7.59. The van der Waals surface area contributed by atoms with Crippen LogP contribution in [0, 0.1) is 13.8 Å². The van der Waals surface area contributed by atoms with Gasteiger partial charge < -0.3 is 15.2 Å². The number of carbonyl (C=O) groups excluding carboxylic acids is 2. The van der Waals surface area contributed by atoms with Gasteiger partial charge >= 0.3 is 0 Å². The second kappa shape index (κ2) is 10.2. The maximum absolute atomic E-state index is 12.4. The van der Waals surface area contributed by atoms with E-state index in [0.717, 1.165) is 16.8 Å². The molecule has 0 aliphatic rings. The van der Waals surface area contributed by atoms with Crippen LogP contribution in [0.1, 0.15) is 17.0 Å². The van der Waals surface area contributed by atoms with E-state index >= 15 is 0 Å². The van der Waals surface area contributed by atoms with Gasteiger partial charge in [0.1, 0.15) is 5.82 Å². The van der Waals surface area contributed by atoms with E-state index < -0.39 is 0 Å². The molecule has 0 radical (unpaired) electrons. The molecule has 3 aromatic rings. The van der Waals surface area contributed by atoms with Gasteiger partial charge in [-0.15, -0.1) is 10.2 Å². The second-order valence-corrected chi connectivity index (χ2v) is 8.75. The van der Waals surface area contributed by atoms with Crippen molar-refractivity contribution in [1.29, 1.82) is 0 Å². The molecule has 0 saturated carbocycles. The summed E-state index contributed by atoms with van der Waals surface area (Å²) < 4.78 is 1.70. The highest BCUT2D eigenvalue weighted by Gasteiger charge is 2.15. The molecular weight excluding hydrogens is 457 g/mol. The molecule has 0 bridgehead atoms. The van der Waals surface area contributed by atoms with E-state index in [4.69, 9.17) is 23.2 Å². The molecule has 0 spiro atoms. The summed E-state index contributed by atoms with van der Waals surface area (Å²) >= 11 is 13.2. The largest absolute Gasteiger partial charge is 0.325 e. The lowest BCUT2D eigenvalue weighted by atomic mass is 10.1. The summed E-state index contributed by atoms with van der Waals surface area (Å²) in [5.41, 5.74) is 3.34. The number of hydrogen-bond donors (Lipinski definition) is 2. The standard InChI is InChI=1S/C21H21Cl2N5O2S/c1-12-4-7-16(13(2)8-12)24-19(29)10-18-26-27-21(28(18)3)31-11-20(30)25-17-9-14(22)5-6-15(17)23/h4-9H,10-11H2,1-3H3,(H,24,29)(H,25,30). The molecule has 7 nitrogen and oxygen atoms in total. The van der Waals surface area contributed by atoms with Crippen LogP contribution in [0.25, 0.3) is 0 Å². The number of aromatic nitrogens is 3. The zero-order valence-electron chi connectivity index (χ0n) is 17.2. The minimum Gasteiger partial charge on any atom is -0.325 e. The average Bonchev–Trinajstić information content (AvgIpc) is 3.05. The van der Waals surface area contributed by atoms with Crippen LogP contribution in [0.2, 0.25) is 10.0 Å². The van der Waals surface area contributed by atoms with E-state index in [2.05, 4.69) is 20.8 Å². The zero-order chi connectivity index (χ0) is 22.5. The van der Waals surface area contributed by atoms with Crippen LogP contribution in [0.5, 0.6) is 0 Å². The van der Waals surface area contributed by atoms with Crippen molar-refractivity contribution in [2.45, 2.75) is 25.4 Å². The van der Waals surface area contributed by atoms with E-state index in [-0.39, 0.29) is 24.0 Å². The fraction of sp³-hybridized carbons (Fsp3) is 0.238. The van der Waals surface area contributed by atoms with E-state index in [1.807, 2.05) is 32.0 Å². The third-order valence-electron chi connectivity index (χ3n) is 4.43. The zero-order valence-corrected chi connectivity index (χ0v) is 19.5. The van der Waals surface area contributed by atoms with Crippen LogP contribution in [-0.2, 0) is 23.1 Å². The Balaban J connectivity index is 1.56. The summed E-state index contributed by atoms with van der Waals surface area (Å²) in [6.45, 7) is 3.95. The Morgan fingerprint density at radius 1 is 1.00 bits per heavy atom. The summed E-state index contributed by atoms with van der Waals surface area (Å²) in [4.78, 5) is 24.7. The van der Waals surface area contributed by atoms with Gasteiger partial charge in [-0.25, -0.2) is 0 Å². The molecular formula is C21H21Cl2N5O2S. The quantitative estimate of drug-likeness (QED) is 0.483. The predicted octanol–water partition coefficient (Wildman–Crippen LogP) is 4.65. The highest BCUT2D eigenvalue weighted by molar-refractivity contribution is 7.99. The molecule has 0 fully saturated rings. The molecule has 0 atom stereocenters. The van der Waals surface area contributed by atoms with Crippen molar-refractivity contribution in [2.24, 2.45) is 7.05 Å². The van der Waals surface area contributed by atoms with Crippen LogP contribution in [-0.4, -0.2) is 32.3 Å². The van der Waals surface area contributed by atoms with Crippen molar-refractivity contribution in [3.05, 3.63) is 63.4 Å². The first-order valence-corrected chi connectivity index (χ1v) is 11.1. The number of hydrogen-bond acceptors (Lipinski definition) is 5.